The van der Waals surface area contributed by atoms with Crippen LogP contribution < -0.4 is 0 Å². The van der Waals surface area contributed by atoms with Crippen LogP contribution in [-0.2, 0) is 23.7 Å². The highest BCUT2D eigenvalue weighted by Gasteiger charge is 2.13. The zero-order chi connectivity index (χ0) is 18.1. The molecule has 0 radical (unpaired) electrons. The fraction of sp³-hybridized carbons (Fsp3) is 1.00. The predicted molar refractivity (Wildman–Crippen MR) is 102 cm³/mol. The second-order valence-corrected chi connectivity index (χ2v) is 7.44. The third-order valence-corrected chi connectivity index (χ3v) is 5.04. The molecule has 0 bridgehead atoms. The van der Waals surface area contributed by atoms with Gasteiger partial charge in [0, 0.05) is 46.2 Å². The van der Waals surface area contributed by atoms with Gasteiger partial charge in [0.1, 0.15) is 0 Å². The number of ether oxygens (including phenoxy) is 5. The number of unbranched alkanes of at least 4 members (excludes halogenated alkanes) is 2. The predicted octanol–water partition coefficient (Wildman–Crippen LogP) is 4.47. The zero-order valence-corrected chi connectivity index (χ0v) is 16.6. The Balaban J connectivity index is 1.22. The molecule has 2 heterocycles. The molecule has 5 nitrogen and oxygen atoms in total. The van der Waals surface area contributed by atoms with Gasteiger partial charge >= 0.3 is 0 Å². The van der Waals surface area contributed by atoms with E-state index in [1.807, 2.05) is 0 Å². The zero-order valence-electron chi connectivity index (χ0n) is 16.6. The summed E-state index contributed by atoms with van der Waals surface area (Å²) in [5.41, 5.74) is 0. The van der Waals surface area contributed by atoms with Crippen LogP contribution in [0.4, 0.5) is 0 Å². The second-order valence-electron chi connectivity index (χ2n) is 7.44. The standard InChI is InChI=1S/C21H40O5/c1(10-20-11-2-5-17-24-20)4-13-22-15-9-16-23-14-7-8-19-26-21-12-3-6-18-25-21/h20-21H,1-19H2. The molecule has 0 saturated carbocycles. The molecule has 0 aromatic carbocycles. The SMILES string of the molecule is C(CCOC1CCCCO1)COCCCOCCCCC1CCCCO1. The van der Waals surface area contributed by atoms with Gasteiger partial charge in [-0.15, -0.1) is 0 Å². The lowest BCUT2D eigenvalue weighted by molar-refractivity contribution is -0.163. The maximum atomic E-state index is 5.74. The molecule has 154 valence electrons. The third kappa shape index (κ3) is 11.5. The largest absolute Gasteiger partial charge is 0.381 e. The summed E-state index contributed by atoms with van der Waals surface area (Å²) in [5.74, 6) is 0. The van der Waals surface area contributed by atoms with E-state index < -0.39 is 0 Å². The molecule has 0 amide bonds. The summed E-state index contributed by atoms with van der Waals surface area (Å²) in [4.78, 5) is 0. The van der Waals surface area contributed by atoms with Gasteiger partial charge in [0.05, 0.1) is 6.10 Å². The molecule has 2 fully saturated rings. The molecular formula is C21H40O5. The van der Waals surface area contributed by atoms with E-state index in [2.05, 4.69) is 0 Å². The van der Waals surface area contributed by atoms with Crippen molar-refractivity contribution in [2.24, 2.45) is 0 Å². The van der Waals surface area contributed by atoms with Crippen LogP contribution in [0.1, 0.15) is 77.0 Å². The van der Waals surface area contributed by atoms with E-state index in [4.69, 9.17) is 23.7 Å². The van der Waals surface area contributed by atoms with Crippen LogP contribution in [0.3, 0.4) is 0 Å². The fourth-order valence-electron chi connectivity index (χ4n) is 3.44. The van der Waals surface area contributed by atoms with Crippen molar-refractivity contribution in [2.75, 3.05) is 46.2 Å². The molecule has 2 rings (SSSR count). The Morgan fingerprint density at radius 1 is 0.615 bits per heavy atom. The molecule has 2 saturated heterocycles. The number of hydrogen-bond donors (Lipinski definition) is 0. The van der Waals surface area contributed by atoms with Gasteiger partial charge in [0.25, 0.3) is 0 Å². The van der Waals surface area contributed by atoms with Crippen molar-refractivity contribution in [1.29, 1.82) is 0 Å². The van der Waals surface area contributed by atoms with Crippen LogP contribution in [-0.4, -0.2) is 58.6 Å². The van der Waals surface area contributed by atoms with Gasteiger partial charge in [-0.3, -0.25) is 0 Å². The van der Waals surface area contributed by atoms with Gasteiger partial charge in [0.15, 0.2) is 6.29 Å². The first-order valence-corrected chi connectivity index (χ1v) is 11.0. The van der Waals surface area contributed by atoms with Crippen molar-refractivity contribution in [3.8, 4) is 0 Å². The topological polar surface area (TPSA) is 46.2 Å². The summed E-state index contributed by atoms with van der Waals surface area (Å²) in [6.07, 6.45) is 14.5. The van der Waals surface area contributed by atoms with E-state index in [9.17, 15) is 0 Å². The highest BCUT2D eigenvalue weighted by Crippen LogP contribution is 2.17. The first kappa shape index (κ1) is 22.1. The van der Waals surface area contributed by atoms with Gasteiger partial charge in [-0.05, 0) is 77.0 Å². The van der Waals surface area contributed by atoms with Gasteiger partial charge in [-0.2, -0.15) is 0 Å². The van der Waals surface area contributed by atoms with Crippen LogP contribution in [0.2, 0.25) is 0 Å². The average Bonchev–Trinajstić information content (AvgIpc) is 2.70. The average molecular weight is 373 g/mol. The van der Waals surface area contributed by atoms with Crippen molar-refractivity contribution in [3.05, 3.63) is 0 Å². The molecule has 2 aliphatic heterocycles. The highest BCUT2D eigenvalue weighted by atomic mass is 16.7. The Morgan fingerprint density at radius 2 is 1.27 bits per heavy atom. The minimum atomic E-state index is 0.0389. The molecule has 0 spiro atoms. The smallest absolute Gasteiger partial charge is 0.157 e. The lowest BCUT2D eigenvalue weighted by atomic mass is 10.0. The first-order valence-electron chi connectivity index (χ1n) is 11.0. The molecule has 0 aromatic rings. The molecule has 26 heavy (non-hydrogen) atoms. The second kappa shape index (κ2) is 15.8. The summed E-state index contributed by atoms with van der Waals surface area (Å²) >= 11 is 0. The Labute approximate surface area is 160 Å². The molecule has 0 N–H and O–H groups in total. The van der Waals surface area contributed by atoms with Crippen molar-refractivity contribution in [2.45, 2.75) is 89.4 Å². The summed E-state index contributed by atoms with van der Waals surface area (Å²) < 4.78 is 28.3. The van der Waals surface area contributed by atoms with E-state index in [-0.39, 0.29) is 6.29 Å². The summed E-state index contributed by atoms with van der Waals surface area (Å²) in [6.45, 7) is 5.88. The Kier molecular flexibility index (Phi) is 13.4. The van der Waals surface area contributed by atoms with Crippen LogP contribution >= 0.6 is 0 Å². The lowest BCUT2D eigenvalue weighted by Crippen LogP contribution is -2.22. The van der Waals surface area contributed by atoms with Crippen molar-refractivity contribution in [3.63, 3.8) is 0 Å². The van der Waals surface area contributed by atoms with Crippen molar-refractivity contribution in [1.82, 2.24) is 0 Å². The van der Waals surface area contributed by atoms with Crippen LogP contribution in [0.25, 0.3) is 0 Å². The molecule has 2 unspecified atom stereocenters. The van der Waals surface area contributed by atoms with Crippen molar-refractivity contribution >= 4 is 0 Å². The maximum Gasteiger partial charge on any atom is 0.157 e. The van der Waals surface area contributed by atoms with E-state index in [1.165, 1.54) is 44.9 Å². The summed E-state index contributed by atoms with van der Waals surface area (Å²) in [6, 6.07) is 0. The van der Waals surface area contributed by atoms with E-state index in [1.54, 1.807) is 0 Å². The number of rotatable bonds is 15. The van der Waals surface area contributed by atoms with E-state index >= 15 is 0 Å². The molecule has 2 aliphatic rings. The monoisotopic (exact) mass is 372 g/mol. The molecular weight excluding hydrogens is 332 g/mol. The molecule has 5 heteroatoms. The van der Waals surface area contributed by atoms with Crippen molar-refractivity contribution < 1.29 is 23.7 Å². The highest BCUT2D eigenvalue weighted by molar-refractivity contribution is 4.63. The first-order chi connectivity index (χ1) is 12.9. The maximum absolute atomic E-state index is 5.74. The Morgan fingerprint density at radius 3 is 1.96 bits per heavy atom. The Hall–Kier alpha value is -0.200. The normalized spacial score (nSPS) is 24.0. The fourth-order valence-corrected chi connectivity index (χ4v) is 3.44. The minimum absolute atomic E-state index is 0.0389. The van der Waals surface area contributed by atoms with Gasteiger partial charge < -0.3 is 23.7 Å². The minimum Gasteiger partial charge on any atom is -0.381 e. The van der Waals surface area contributed by atoms with Gasteiger partial charge in [-0.1, -0.05) is 0 Å². The summed E-state index contributed by atoms with van der Waals surface area (Å²) in [7, 11) is 0. The quantitative estimate of drug-likeness (QED) is 0.397. The van der Waals surface area contributed by atoms with E-state index in [0.717, 1.165) is 78.4 Å². The summed E-state index contributed by atoms with van der Waals surface area (Å²) in [5, 5.41) is 0. The van der Waals surface area contributed by atoms with Gasteiger partial charge in [-0.25, -0.2) is 0 Å². The van der Waals surface area contributed by atoms with E-state index in [0.29, 0.717) is 6.10 Å². The molecule has 0 aromatic heterocycles. The molecule has 0 aliphatic carbocycles. The molecule has 2 atom stereocenters. The van der Waals surface area contributed by atoms with Crippen LogP contribution in [0.15, 0.2) is 0 Å². The van der Waals surface area contributed by atoms with Crippen LogP contribution in [0.5, 0.6) is 0 Å². The van der Waals surface area contributed by atoms with Gasteiger partial charge in [0.2, 0.25) is 0 Å². The van der Waals surface area contributed by atoms with Crippen LogP contribution in [0, 0.1) is 0 Å². The lowest BCUT2D eigenvalue weighted by Gasteiger charge is -2.22. The third-order valence-electron chi connectivity index (χ3n) is 5.04. The number of hydrogen-bond acceptors (Lipinski definition) is 5. The Bertz CT molecular complexity index is 271.